The van der Waals surface area contributed by atoms with Gasteiger partial charge in [0.25, 0.3) is 11.5 Å². The fourth-order valence-electron chi connectivity index (χ4n) is 2.32. The van der Waals surface area contributed by atoms with Gasteiger partial charge in [0, 0.05) is 12.6 Å². The normalized spacial score (nSPS) is 16.9. The van der Waals surface area contributed by atoms with Gasteiger partial charge in [-0.05, 0) is 18.4 Å². The molecule has 6 nitrogen and oxygen atoms in total. The Bertz CT molecular complexity index is 574. The van der Waals surface area contributed by atoms with Crippen molar-refractivity contribution in [3.63, 3.8) is 0 Å². The number of amides is 1. The van der Waals surface area contributed by atoms with Gasteiger partial charge in [0.05, 0.1) is 13.1 Å². The Hall–Kier alpha value is -1.69. The van der Waals surface area contributed by atoms with Crippen LogP contribution in [0.25, 0.3) is 0 Å². The predicted octanol–water partition coefficient (Wildman–Crippen LogP) is 0.886. The van der Waals surface area contributed by atoms with Gasteiger partial charge in [0.15, 0.2) is 0 Å². The monoisotopic (exact) mass is 293 g/mol. The van der Waals surface area contributed by atoms with E-state index in [1.807, 2.05) is 20.8 Å². The third-order valence-electron chi connectivity index (χ3n) is 4.10. The van der Waals surface area contributed by atoms with Crippen molar-refractivity contribution in [3.05, 3.63) is 28.2 Å². The average molecular weight is 293 g/mol. The van der Waals surface area contributed by atoms with Crippen molar-refractivity contribution in [1.29, 1.82) is 0 Å². The molecule has 1 fully saturated rings. The van der Waals surface area contributed by atoms with Crippen LogP contribution in [0.5, 0.6) is 0 Å². The van der Waals surface area contributed by atoms with Crippen LogP contribution in [-0.2, 0) is 6.54 Å². The van der Waals surface area contributed by atoms with Crippen LogP contribution in [0.1, 0.15) is 44.1 Å². The number of unbranched alkanes of at least 4 members (excludes halogenated alkanes) is 1. The zero-order valence-electron chi connectivity index (χ0n) is 12.9. The molecule has 0 saturated carbocycles. The first-order chi connectivity index (χ1) is 9.87. The van der Waals surface area contributed by atoms with E-state index < -0.39 is 5.60 Å². The molecule has 6 heteroatoms. The largest absolute Gasteiger partial charge is 0.386 e. The fraction of sp³-hybridized carbons (Fsp3) is 0.667. The molecule has 0 atom stereocenters. The molecule has 1 N–H and O–H groups in total. The summed E-state index contributed by atoms with van der Waals surface area (Å²) in [6, 6.07) is 2.84. The van der Waals surface area contributed by atoms with Crippen molar-refractivity contribution >= 4 is 5.91 Å². The Morgan fingerprint density at radius 2 is 2.10 bits per heavy atom. The fourth-order valence-corrected chi connectivity index (χ4v) is 2.32. The van der Waals surface area contributed by atoms with E-state index in [0.717, 1.165) is 12.8 Å². The highest BCUT2D eigenvalue weighted by Gasteiger charge is 2.46. The average Bonchev–Trinajstić information content (AvgIpc) is 2.42. The minimum Gasteiger partial charge on any atom is -0.386 e. The number of aromatic nitrogens is 2. The van der Waals surface area contributed by atoms with Gasteiger partial charge in [-0.3, -0.25) is 9.59 Å². The molecule has 0 bridgehead atoms. The van der Waals surface area contributed by atoms with Crippen LogP contribution in [0.15, 0.2) is 16.9 Å². The molecule has 0 radical (unpaired) electrons. The van der Waals surface area contributed by atoms with E-state index in [1.165, 1.54) is 16.8 Å². The Balaban J connectivity index is 2.09. The maximum absolute atomic E-state index is 12.3. The van der Waals surface area contributed by atoms with Gasteiger partial charge in [-0.25, -0.2) is 4.68 Å². The number of likely N-dealkylation sites (tertiary alicyclic amines) is 1. The SMILES string of the molecule is CCCCn1nc(C(=O)N2CC(O)(C(C)C)C2)ccc1=O. The summed E-state index contributed by atoms with van der Waals surface area (Å²) in [6.07, 6.45) is 1.81. The maximum atomic E-state index is 12.3. The summed E-state index contributed by atoms with van der Waals surface area (Å²) in [5.74, 6) is -0.126. The van der Waals surface area contributed by atoms with Crippen molar-refractivity contribution in [3.8, 4) is 0 Å². The van der Waals surface area contributed by atoms with Crippen LogP contribution in [0.3, 0.4) is 0 Å². The lowest BCUT2D eigenvalue weighted by molar-refractivity contribution is -0.111. The van der Waals surface area contributed by atoms with Crippen molar-refractivity contribution < 1.29 is 9.90 Å². The zero-order valence-corrected chi connectivity index (χ0v) is 12.9. The number of rotatable bonds is 5. The minimum absolute atomic E-state index is 0.105. The molecule has 1 saturated heterocycles. The smallest absolute Gasteiger partial charge is 0.274 e. The van der Waals surface area contributed by atoms with Crippen LogP contribution in [0.2, 0.25) is 0 Å². The summed E-state index contributed by atoms with van der Waals surface area (Å²) < 4.78 is 1.34. The first-order valence-corrected chi connectivity index (χ1v) is 7.47. The summed E-state index contributed by atoms with van der Waals surface area (Å²) in [5.41, 5.74) is -0.731. The molecule has 116 valence electrons. The van der Waals surface area contributed by atoms with Crippen LogP contribution in [0.4, 0.5) is 0 Å². The number of nitrogens with zero attached hydrogens (tertiary/aromatic N) is 3. The quantitative estimate of drug-likeness (QED) is 0.874. The lowest BCUT2D eigenvalue weighted by atomic mass is 9.83. The van der Waals surface area contributed by atoms with Crippen LogP contribution in [0, 0.1) is 5.92 Å². The highest BCUT2D eigenvalue weighted by molar-refractivity contribution is 5.92. The van der Waals surface area contributed by atoms with Gasteiger partial charge < -0.3 is 10.0 Å². The molecular formula is C15H23N3O3. The third kappa shape index (κ3) is 3.15. The van der Waals surface area contributed by atoms with Crippen molar-refractivity contribution in [1.82, 2.24) is 14.7 Å². The van der Waals surface area contributed by atoms with Gasteiger partial charge >= 0.3 is 0 Å². The Labute approximate surface area is 124 Å². The standard InChI is InChI=1S/C15H23N3O3/c1-4-5-8-18-13(19)7-6-12(16-18)14(20)17-9-15(21,10-17)11(2)3/h6-7,11,21H,4-5,8-10H2,1-3H3. The van der Waals surface area contributed by atoms with E-state index in [2.05, 4.69) is 5.10 Å². The number of hydrogen-bond acceptors (Lipinski definition) is 4. The molecule has 2 rings (SSSR count). The minimum atomic E-state index is -0.799. The Morgan fingerprint density at radius 3 is 2.67 bits per heavy atom. The number of β-amino-alcohol motifs (C(OH)–C–C–N with tert-alkyl or cyclic N) is 1. The van der Waals surface area contributed by atoms with Gasteiger partial charge in [0.2, 0.25) is 0 Å². The van der Waals surface area contributed by atoms with Gasteiger partial charge in [0.1, 0.15) is 11.3 Å². The molecule has 1 aromatic heterocycles. The highest BCUT2D eigenvalue weighted by atomic mass is 16.3. The first kappa shape index (κ1) is 15.7. The number of hydrogen-bond donors (Lipinski definition) is 1. The molecular weight excluding hydrogens is 270 g/mol. The Kier molecular flexibility index (Phi) is 4.46. The second-order valence-corrected chi connectivity index (χ2v) is 6.05. The number of carbonyl (C=O) groups excluding carboxylic acids is 1. The molecule has 0 spiro atoms. The maximum Gasteiger partial charge on any atom is 0.274 e. The summed E-state index contributed by atoms with van der Waals surface area (Å²) in [7, 11) is 0. The molecule has 1 aliphatic heterocycles. The van der Waals surface area contributed by atoms with Gasteiger partial charge in [-0.15, -0.1) is 0 Å². The molecule has 1 aromatic rings. The number of aliphatic hydroxyl groups is 1. The van der Waals surface area contributed by atoms with Crippen LogP contribution in [-0.4, -0.2) is 44.4 Å². The molecule has 1 aliphatic rings. The van der Waals surface area contributed by atoms with E-state index in [0.29, 0.717) is 19.6 Å². The zero-order chi connectivity index (χ0) is 15.6. The van der Waals surface area contributed by atoms with Crippen LogP contribution < -0.4 is 5.56 Å². The van der Waals surface area contributed by atoms with Crippen LogP contribution >= 0.6 is 0 Å². The van der Waals surface area contributed by atoms with E-state index in [9.17, 15) is 14.7 Å². The molecule has 0 unspecified atom stereocenters. The second-order valence-electron chi connectivity index (χ2n) is 6.05. The summed E-state index contributed by atoms with van der Waals surface area (Å²) in [5, 5.41) is 14.3. The van der Waals surface area contributed by atoms with Crippen molar-refractivity contribution in [2.75, 3.05) is 13.1 Å². The first-order valence-electron chi connectivity index (χ1n) is 7.47. The third-order valence-corrected chi connectivity index (χ3v) is 4.10. The van der Waals surface area contributed by atoms with Gasteiger partial charge in [-0.2, -0.15) is 5.10 Å². The van der Waals surface area contributed by atoms with Crippen molar-refractivity contribution in [2.45, 2.75) is 45.8 Å². The van der Waals surface area contributed by atoms with E-state index in [4.69, 9.17) is 0 Å². The van der Waals surface area contributed by atoms with Crippen molar-refractivity contribution in [2.24, 2.45) is 5.92 Å². The predicted molar refractivity (Wildman–Crippen MR) is 79.1 cm³/mol. The summed E-state index contributed by atoms with van der Waals surface area (Å²) in [6.45, 7) is 7.06. The van der Waals surface area contributed by atoms with E-state index >= 15 is 0 Å². The molecule has 0 aliphatic carbocycles. The Morgan fingerprint density at radius 1 is 1.43 bits per heavy atom. The summed E-state index contributed by atoms with van der Waals surface area (Å²) in [4.78, 5) is 25.6. The summed E-state index contributed by atoms with van der Waals surface area (Å²) >= 11 is 0. The molecule has 21 heavy (non-hydrogen) atoms. The van der Waals surface area contributed by atoms with Gasteiger partial charge in [-0.1, -0.05) is 27.2 Å². The number of aryl methyl sites for hydroxylation is 1. The molecule has 2 heterocycles. The lowest BCUT2D eigenvalue weighted by Crippen LogP contribution is -2.66. The van der Waals surface area contributed by atoms with E-state index in [-0.39, 0.29) is 23.1 Å². The lowest BCUT2D eigenvalue weighted by Gasteiger charge is -2.48. The molecule has 0 aromatic carbocycles. The highest BCUT2D eigenvalue weighted by Crippen LogP contribution is 2.29. The topological polar surface area (TPSA) is 75.4 Å². The number of carbonyl (C=O) groups is 1. The second kappa shape index (κ2) is 5.97. The van der Waals surface area contributed by atoms with E-state index in [1.54, 1.807) is 4.90 Å². The molecule has 1 amide bonds.